The number of aliphatic hydroxyl groups is 1. The van der Waals surface area contributed by atoms with E-state index >= 15 is 0 Å². The molecular weight excluding hydrogens is 190 g/mol. The molecule has 0 aliphatic carbocycles. The van der Waals surface area contributed by atoms with Crippen LogP contribution in [0.4, 0.5) is 0 Å². The molecule has 0 bridgehead atoms. The van der Waals surface area contributed by atoms with E-state index < -0.39 is 6.10 Å². The molecule has 0 aliphatic rings. The second-order valence-corrected chi connectivity index (χ2v) is 4.80. The summed E-state index contributed by atoms with van der Waals surface area (Å²) in [5, 5.41) is 12.3. The number of carbonyl (C=O) groups excluding carboxylic acids is 1. The summed E-state index contributed by atoms with van der Waals surface area (Å²) < 4.78 is 0. The van der Waals surface area contributed by atoms with Gasteiger partial charge in [-0.2, -0.15) is 0 Å². The summed E-state index contributed by atoms with van der Waals surface area (Å²) in [7, 11) is 0. The topological polar surface area (TPSA) is 49.3 Å². The van der Waals surface area contributed by atoms with Crippen molar-refractivity contribution in [2.45, 2.75) is 53.1 Å². The second kappa shape index (κ2) is 7.69. The molecule has 0 aromatic carbocycles. The van der Waals surface area contributed by atoms with Crippen molar-refractivity contribution in [1.82, 2.24) is 5.32 Å². The van der Waals surface area contributed by atoms with Gasteiger partial charge in [-0.15, -0.1) is 0 Å². The van der Waals surface area contributed by atoms with E-state index in [9.17, 15) is 9.90 Å². The Morgan fingerprint density at radius 3 is 2.40 bits per heavy atom. The Morgan fingerprint density at radius 2 is 1.93 bits per heavy atom. The highest BCUT2D eigenvalue weighted by atomic mass is 16.3. The Hall–Kier alpha value is -0.570. The van der Waals surface area contributed by atoms with Crippen molar-refractivity contribution >= 4 is 5.91 Å². The second-order valence-electron chi connectivity index (χ2n) is 4.80. The summed E-state index contributed by atoms with van der Waals surface area (Å²) in [6.07, 6.45) is 1.90. The van der Waals surface area contributed by atoms with Gasteiger partial charge in [-0.05, 0) is 18.3 Å². The van der Waals surface area contributed by atoms with Gasteiger partial charge in [-0.3, -0.25) is 4.79 Å². The number of nitrogens with one attached hydrogen (secondary N) is 1. The van der Waals surface area contributed by atoms with Crippen LogP contribution in [-0.4, -0.2) is 23.7 Å². The van der Waals surface area contributed by atoms with E-state index in [0.717, 1.165) is 12.8 Å². The van der Waals surface area contributed by atoms with E-state index in [1.807, 2.05) is 0 Å². The minimum Gasteiger partial charge on any atom is -0.391 e. The van der Waals surface area contributed by atoms with Gasteiger partial charge in [-0.25, -0.2) is 0 Å². The highest BCUT2D eigenvalue weighted by Crippen LogP contribution is 2.06. The molecular formula is C12H25NO2. The third-order valence-electron chi connectivity index (χ3n) is 2.51. The number of rotatable bonds is 7. The van der Waals surface area contributed by atoms with Crippen molar-refractivity contribution in [2.24, 2.45) is 11.8 Å². The lowest BCUT2D eigenvalue weighted by molar-refractivity contribution is -0.122. The van der Waals surface area contributed by atoms with Gasteiger partial charge < -0.3 is 10.4 Å². The fraction of sp³-hybridized carbons (Fsp3) is 0.917. The zero-order chi connectivity index (χ0) is 11.8. The zero-order valence-corrected chi connectivity index (χ0v) is 10.4. The molecule has 0 aliphatic heterocycles. The smallest absolute Gasteiger partial charge is 0.220 e. The van der Waals surface area contributed by atoms with Crippen LogP contribution in [-0.2, 0) is 4.79 Å². The first-order chi connectivity index (χ1) is 6.95. The number of carbonyl (C=O) groups is 1. The molecule has 2 unspecified atom stereocenters. The van der Waals surface area contributed by atoms with Gasteiger partial charge >= 0.3 is 0 Å². The van der Waals surface area contributed by atoms with Crippen LogP contribution in [0.2, 0.25) is 0 Å². The number of hydrogen-bond acceptors (Lipinski definition) is 2. The fourth-order valence-corrected chi connectivity index (χ4v) is 1.39. The minimum absolute atomic E-state index is 0.0483. The molecule has 1 amide bonds. The monoisotopic (exact) mass is 215 g/mol. The average molecular weight is 215 g/mol. The maximum absolute atomic E-state index is 11.4. The van der Waals surface area contributed by atoms with Gasteiger partial charge in [0.25, 0.3) is 0 Å². The summed E-state index contributed by atoms with van der Waals surface area (Å²) in [4.78, 5) is 11.4. The largest absolute Gasteiger partial charge is 0.391 e. The van der Waals surface area contributed by atoms with Crippen LogP contribution in [0, 0.1) is 11.8 Å². The highest BCUT2D eigenvalue weighted by Gasteiger charge is 2.10. The van der Waals surface area contributed by atoms with Gasteiger partial charge in [0.05, 0.1) is 6.10 Å². The average Bonchev–Trinajstić information content (AvgIpc) is 2.13. The molecule has 0 rings (SSSR count). The predicted molar refractivity (Wildman–Crippen MR) is 62.5 cm³/mol. The Morgan fingerprint density at radius 1 is 1.33 bits per heavy atom. The number of aliphatic hydroxyl groups excluding tert-OH is 1. The van der Waals surface area contributed by atoms with Crippen molar-refractivity contribution in [2.75, 3.05) is 6.54 Å². The van der Waals surface area contributed by atoms with Gasteiger partial charge in [0.1, 0.15) is 0 Å². The maximum atomic E-state index is 11.4. The third-order valence-corrected chi connectivity index (χ3v) is 2.51. The van der Waals surface area contributed by atoms with Crippen LogP contribution in [0.5, 0.6) is 0 Å². The normalized spacial score (nSPS) is 15.1. The lowest BCUT2D eigenvalue weighted by Gasteiger charge is -2.14. The van der Waals surface area contributed by atoms with Gasteiger partial charge in [0, 0.05) is 13.0 Å². The Kier molecular flexibility index (Phi) is 7.39. The van der Waals surface area contributed by atoms with Crippen LogP contribution < -0.4 is 5.32 Å². The quantitative estimate of drug-likeness (QED) is 0.682. The molecule has 15 heavy (non-hydrogen) atoms. The zero-order valence-electron chi connectivity index (χ0n) is 10.4. The van der Waals surface area contributed by atoms with Gasteiger partial charge in [-0.1, -0.05) is 34.1 Å². The third kappa shape index (κ3) is 8.43. The van der Waals surface area contributed by atoms with Gasteiger partial charge in [0.15, 0.2) is 0 Å². The summed E-state index contributed by atoms with van der Waals surface area (Å²) in [5.74, 6) is 0.936. The molecule has 0 radical (unpaired) electrons. The van der Waals surface area contributed by atoms with E-state index in [-0.39, 0.29) is 5.91 Å². The Bertz CT molecular complexity index is 180. The molecule has 90 valence electrons. The van der Waals surface area contributed by atoms with Crippen LogP contribution in [0.25, 0.3) is 0 Å². The van der Waals surface area contributed by atoms with Crippen LogP contribution in [0.3, 0.4) is 0 Å². The van der Waals surface area contributed by atoms with Crippen molar-refractivity contribution in [1.29, 1.82) is 0 Å². The molecule has 2 N–H and O–H groups in total. The summed E-state index contributed by atoms with van der Waals surface area (Å²) >= 11 is 0. The first-order valence-electron chi connectivity index (χ1n) is 5.90. The molecule has 0 saturated heterocycles. The van der Waals surface area contributed by atoms with E-state index in [0.29, 0.717) is 24.8 Å². The van der Waals surface area contributed by atoms with Crippen molar-refractivity contribution < 1.29 is 9.90 Å². The Balaban J connectivity index is 3.61. The Labute approximate surface area is 93.3 Å². The summed E-state index contributed by atoms with van der Waals surface area (Å²) in [6.45, 7) is 8.64. The number of hydrogen-bond donors (Lipinski definition) is 2. The van der Waals surface area contributed by atoms with Crippen molar-refractivity contribution in [3.8, 4) is 0 Å². The lowest BCUT2D eigenvalue weighted by Crippen LogP contribution is -2.33. The number of amides is 1. The minimum atomic E-state index is -0.411. The highest BCUT2D eigenvalue weighted by molar-refractivity contribution is 5.76. The molecule has 0 saturated carbocycles. The lowest BCUT2D eigenvalue weighted by atomic mass is 10.0. The van der Waals surface area contributed by atoms with Crippen LogP contribution in [0.1, 0.15) is 47.0 Å². The van der Waals surface area contributed by atoms with Crippen LogP contribution >= 0.6 is 0 Å². The molecule has 0 heterocycles. The molecule has 3 heteroatoms. The molecule has 0 aromatic heterocycles. The van der Waals surface area contributed by atoms with Gasteiger partial charge in [0.2, 0.25) is 5.91 Å². The first kappa shape index (κ1) is 14.4. The SMILES string of the molecule is CCC(C)CC(=O)NCC(O)CC(C)C. The van der Waals surface area contributed by atoms with Crippen molar-refractivity contribution in [3.63, 3.8) is 0 Å². The predicted octanol–water partition coefficient (Wildman–Crippen LogP) is 1.95. The van der Waals surface area contributed by atoms with E-state index in [4.69, 9.17) is 0 Å². The molecule has 2 atom stereocenters. The summed E-state index contributed by atoms with van der Waals surface area (Å²) in [5.41, 5.74) is 0. The molecule has 3 nitrogen and oxygen atoms in total. The first-order valence-corrected chi connectivity index (χ1v) is 5.90. The molecule has 0 fully saturated rings. The van der Waals surface area contributed by atoms with E-state index in [2.05, 4.69) is 33.0 Å². The standard InChI is InChI=1S/C12H25NO2/c1-5-10(4)7-12(15)13-8-11(14)6-9(2)3/h9-11,14H,5-8H2,1-4H3,(H,13,15). The molecule has 0 spiro atoms. The molecule has 0 aromatic rings. The van der Waals surface area contributed by atoms with E-state index in [1.54, 1.807) is 0 Å². The van der Waals surface area contributed by atoms with E-state index in [1.165, 1.54) is 0 Å². The maximum Gasteiger partial charge on any atom is 0.220 e. The van der Waals surface area contributed by atoms with Crippen LogP contribution in [0.15, 0.2) is 0 Å². The van der Waals surface area contributed by atoms with Crippen molar-refractivity contribution in [3.05, 3.63) is 0 Å². The summed E-state index contributed by atoms with van der Waals surface area (Å²) in [6, 6.07) is 0. The fourth-order valence-electron chi connectivity index (χ4n) is 1.39.